The van der Waals surface area contributed by atoms with Gasteiger partial charge in [-0.3, -0.25) is 19.8 Å². The Bertz CT molecular complexity index is 766. The molecule has 0 fully saturated rings. The first-order valence-electron chi connectivity index (χ1n) is 7.59. The van der Waals surface area contributed by atoms with Gasteiger partial charge in [-0.25, -0.2) is 0 Å². The number of non-ortho nitro benzene ring substituents is 1. The number of aryl methyl sites for hydroxylation is 2. The molecule has 0 aliphatic carbocycles. The highest BCUT2D eigenvalue weighted by Gasteiger charge is 2.10. The van der Waals surface area contributed by atoms with Crippen LogP contribution < -0.4 is 10.6 Å². The third-order valence-corrected chi connectivity index (χ3v) is 3.90. The number of nitrogens with one attached hydrogen (secondary N) is 2. The summed E-state index contributed by atoms with van der Waals surface area (Å²) in [6, 6.07) is 6.54. The van der Waals surface area contributed by atoms with Crippen molar-refractivity contribution in [1.82, 2.24) is 20.4 Å². The standard InChI is InChI=1S/C16H22N6O2/c1-11-15(12(2)21(4)20-11)10-19-16(17-3)18-9-13-6-5-7-14(8-13)22(23)24/h5-8H,9-10H2,1-4H3,(H2,17,18,19). The van der Waals surface area contributed by atoms with Gasteiger partial charge in [-0.2, -0.15) is 5.10 Å². The summed E-state index contributed by atoms with van der Waals surface area (Å²) in [6.45, 7) is 5.06. The second-order valence-electron chi connectivity index (χ2n) is 5.48. The number of benzene rings is 1. The topological polar surface area (TPSA) is 97.4 Å². The van der Waals surface area contributed by atoms with Gasteiger partial charge in [0.05, 0.1) is 10.6 Å². The molecule has 0 radical (unpaired) electrons. The van der Waals surface area contributed by atoms with Crippen LogP contribution in [-0.4, -0.2) is 27.7 Å². The van der Waals surface area contributed by atoms with E-state index in [2.05, 4.69) is 20.7 Å². The van der Waals surface area contributed by atoms with Gasteiger partial charge in [0.15, 0.2) is 5.96 Å². The van der Waals surface area contributed by atoms with Gasteiger partial charge in [-0.15, -0.1) is 0 Å². The summed E-state index contributed by atoms with van der Waals surface area (Å²) in [7, 11) is 3.60. The smallest absolute Gasteiger partial charge is 0.269 e. The van der Waals surface area contributed by atoms with E-state index >= 15 is 0 Å². The predicted molar refractivity (Wildman–Crippen MR) is 92.8 cm³/mol. The summed E-state index contributed by atoms with van der Waals surface area (Å²) in [5.74, 6) is 0.629. The SMILES string of the molecule is CN=C(NCc1cccc([N+](=O)[O-])c1)NCc1c(C)nn(C)c1C. The van der Waals surface area contributed by atoms with Crippen LogP contribution >= 0.6 is 0 Å². The molecule has 2 aromatic rings. The summed E-state index contributed by atoms with van der Waals surface area (Å²) in [6.07, 6.45) is 0. The molecule has 0 amide bonds. The number of aliphatic imine (C=N–C) groups is 1. The van der Waals surface area contributed by atoms with Crippen LogP contribution in [-0.2, 0) is 20.1 Å². The van der Waals surface area contributed by atoms with Gasteiger partial charge < -0.3 is 10.6 Å². The lowest BCUT2D eigenvalue weighted by Gasteiger charge is -2.12. The van der Waals surface area contributed by atoms with E-state index in [0.29, 0.717) is 19.0 Å². The highest BCUT2D eigenvalue weighted by Crippen LogP contribution is 2.13. The van der Waals surface area contributed by atoms with Crippen LogP contribution in [0.4, 0.5) is 5.69 Å². The number of rotatable bonds is 5. The van der Waals surface area contributed by atoms with E-state index in [-0.39, 0.29) is 5.69 Å². The maximum absolute atomic E-state index is 10.8. The van der Waals surface area contributed by atoms with E-state index in [1.54, 1.807) is 19.2 Å². The van der Waals surface area contributed by atoms with Crippen LogP contribution in [0.25, 0.3) is 0 Å². The van der Waals surface area contributed by atoms with Crippen molar-refractivity contribution in [2.75, 3.05) is 7.05 Å². The van der Waals surface area contributed by atoms with Crippen molar-refractivity contribution < 1.29 is 4.92 Å². The third-order valence-electron chi connectivity index (χ3n) is 3.90. The molecule has 1 aromatic heterocycles. The maximum atomic E-state index is 10.8. The van der Waals surface area contributed by atoms with Crippen LogP contribution in [0.2, 0.25) is 0 Å². The summed E-state index contributed by atoms with van der Waals surface area (Å²) in [5, 5.41) is 21.6. The Morgan fingerprint density at radius 3 is 2.62 bits per heavy atom. The molecular weight excluding hydrogens is 308 g/mol. The van der Waals surface area contributed by atoms with Crippen LogP contribution in [0.3, 0.4) is 0 Å². The fraction of sp³-hybridized carbons (Fsp3) is 0.375. The third kappa shape index (κ3) is 4.09. The summed E-state index contributed by atoms with van der Waals surface area (Å²) in [4.78, 5) is 14.6. The second kappa shape index (κ2) is 7.58. The molecule has 2 N–H and O–H groups in total. The number of guanidine groups is 1. The average Bonchev–Trinajstić information content (AvgIpc) is 2.81. The zero-order chi connectivity index (χ0) is 17.7. The second-order valence-corrected chi connectivity index (χ2v) is 5.48. The molecule has 0 saturated heterocycles. The Morgan fingerprint density at radius 2 is 2.04 bits per heavy atom. The predicted octanol–water partition coefficient (Wildman–Crippen LogP) is 1.81. The largest absolute Gasteiger partial charge is 0.352 e. The number of hydrogen-bond donors (Lipinski definition) is 2. The minimum absolute atomic E-state index is 0.0823. The molecule has 1 heterocycles. The summed E-state index contributed by atoms with van der Waals surface area (Å²) < 4.78 is 1.85. The van der Waals surface area contributed by atoms with E-state index in [1.165, 1.54) is 6.07 Å². The molecule has 0 aliphatic heterocycles. The normalized spacial score (nSPS) is 11.4. The number of nitrogens with zero attached hydrogens (tertiary/aromatic N) is 4. The highest BCUT2D eigenvalue weighted by molar-refractivity contribution is 5.79. The fourth-order valence-corrected chi connectivity index (χ4v) is 2.43. The van der Waals surface area contributed by atoms with Gasteiger partial charge in [0.25, 0.3) is 5.69 Å². The van der Waals surface area contributed by atoms with Crippen molar-refractivity contribution in [2.45, 2.75) is 26.9 Å². The van der Waals surface area contributed by atoms with E-state index in [9.17, 15) is 10.1 Å². The molecule has 0 bridgehead atoms. The maximum Gasteiger partial charge on any atom is 0.269 e. The fourth-order valence-electron chi connectivity index (χ4n) is 2.43. The zero-order valence-corrected chi connectivity index (χ0v) is 14.3. The van der Waals surface area contributed by atoms with Crippen LogP contribution in [0.15, 0.2) is 29.3 Å². The van der Waals surface area contributed by atoms with Gasteiger partial charge in [0, 0.05) is 50.6 Å². The Morgan fingerprint density at radius 1 is 1.33 bits per heavy atom. The number of nitro groups is 1. The first-order valence-corrected chi connectivity index (χ1v) is 7.59. The molecule has 8 nitrogen and oxygen atoms in total. The van der Waals surface area contributed by atoms with E-state index in [4.69, 9.17) is 0 Å². The quantitative estimate of drug-likeness (QED) is 0.377. The molecule has 0 unspecified atom stereocenters. The van der Waals surface area contributed by atoms with Crippen molar-refractivity contribution in [3.63, 3.8) is 0 Å². The first-order chi connectivity index (χ1) is 11.4. The molecule has 24 heavy (non-hydrogen) atoms. The Balaban J connectivity index is 1.96. The van der Waals surface area contributed by atoms with Crippen molar-refractivity contribution >= 4 is 11.6 Å². The van der Waals surface area contributed by atoms with Gasteiger partial charge in [-0.1, -0.05) is 12.1 Å². The molecule has 2 rings (SSSR count). The van der Waals surface area contributed by atoms with Gasteiger partial charge in [-0.05, 0) is 19.4 Å². The van der Waals surface area contributed by atoms with Crippen molar-refractivity contribution in [3.8, 4) is 0 Å². The molecule has 0 saturated carbocycles. The highest BCUT2D eigenvalue weighted by atomic mass is 16.6. The minimum atomic E-state index is -0.398. The van der Waals surface area contributed by atoms with Crippen LogP contribution in [0.1, 0.15) is 22.5 Å². The lowest BCUT2D eigenvalue weighted by molar-refractivity contribution is -0.384. The number of hydrogen-bond acceptors (Lipinski definition) is 4. The molecule has 1 aromatic carbocycles. The van der Waals surface area contributed by atoms with Gasteiger partial charge in [0.1, 0.15) is 0 Å². The lowest BCUT2D eigenvalue weighted by Crippen LogP contribution is -2.36. The Labute approximate surface area is 140 Å². The van der Waals surface area contributed by atoms with Crippen molar-refractivity contribution in [1.29, 1.82) is 0 Å². The Hall–Kier alpha value is -2.90. The van der Waals surface area contributed by atoms with Gasteiger partial charge >= 0.3 is 0 Å². The van der Waals surface area contributed by atoms with Crippen molar-refractivity contribution in [2.24, 2.45) is 12.0 Å². The van der Waals surface area contributed by atoms with E-state index in [0.717, 1.165) is 22.5 Å². The van der Waals surface area contributed by atoms with Crippen molar-refractivity contribution in [3.05, 3.63) is 56.9 Å². The minimum Gasteiger partial charge on any atom is -0.352 e. The molecule has 8 heteroatoms. The van der Waals surface area contributed by atoms with E-state index in [1.807, 2.05) is 31.6 Å². The Kier molecular flexibility index (Phi) is 5.51. The molecular formula is C16H22N6O2. The summed E-state index contributed by atoms with van der Waals surface area (Å²) >= 11 is 0. The number of aromatic nitrogens is 2. The zero-order valence-electron chi connectivity index (χ0n) is 14.3. The molecule has 0 aliphatic rings. The van der Waals surface area contributed by atoms with Gasteiger partial charge in [0.2, 0.25) is 0 Å². The molecule has 0 spiro atoms. The molecule has 0 atom stereocenters. The first kappa shape index (κ1) is 17.5. The number of nitro benzene ring substituents is 1. The van der Waals surface area contributed by atoms with Crippen LogP contribution in [0.5, 0.6) is 0 Å². The summed E-state index contributed by atoms with van der Waals surface area (Å²) in [5.41, 5.74) is 4.13. The lowest BCUT2D eigenvalue weighted by atomic mass is 10.2. The molecule has 128 valence electrons. The average molecular weight is 330 g/mol. The monoisotopic (exact) mass is 330 g/mol. The van der Waals surface area contributed by atoms with E-state index < -0.39 is 4.92 Å². The van der Waals surface area contributed by atoms with Crippen LogP contribution in [0, 0.1) is 24.0 Å².